The maximum absolute atomic E-state index is 10.3. The second-order valence-corrected chi connectivity index (χ2v) is 6.14. The van der Waals surface area contributed by atoms with Gasteiger partial charge in [0.05, 0.1) is 5.52 Å². The molecule has 0 spiro atoms. The molecule has 6 heteroatoms. The number of nitrogens with zero attached hydrogens (tertiary/aromatic N) is 2. The van der Waals surface area contributed by atoms with E-state index in [0.29, 0.717) is 5.92 Å². The molecule has 0 aliphatic heterocycles. The third kappa shape index (κ3) is 2.07. The van der Waals surface area contributed by atoms with Gasteiger partial charge in [-0.15, -0.1) is 0 Å². The number of aliphatic carboxylic acids is 1. The van der Waals surface area contributed by atoms with Crippen LogP contribution in [-0.4, -0.2) is 25.7 Å². The second kappa shape index (κ2) is 4.83. The molecule has 4 bridgehead atoms. The Balaban J connectivity index is 0.000000117. The highest BCUT2D eigenvalue weighted by molar-refractivity contribution is 9.10. The molecule has 4 aromatic heterocycles. The third-order valence-corrected chi connectivity index (χ3v) is 5.05. The van der Waals surface area contributed by atoms with E-state index < -0.39 is 11.2 Å². The highest BCUT2D eigenvalue weighted by atomic mass is 79.9. The minimum atomic E-state index is -0.775. The number of carboxylic acids is 1. The van der Waals surface area contributed by atoms with E-state index in [1.807, 2.05) is 12.1 Å². The lowest BCUT2D eigenvalue weighted by Gasteiger charge is -2.27. The molecule has 0 radical (unpaired) electrons. The quantitative estimate of drug-likeness (QED) is 0.704. The van der Waals surface area contributed by atoms with Crippen LogP contribution >= 0.6 is 28.6 Å². The van der Waals surface area contributed by atoms with Crippen LogP contribution in [0.15, 0.2) is 22.8 Å². The van der Waals surface area contributed by atoms with E-state index in [1.54, 1.807) is 0 Å². The summed E-state index contributed by atoms with van der Waals surface area (Å²) in [7, 11) is 0. The topological polar surface area (TPSA) is 54.6 Å². The molecule has 100 valence electrons. The minimum absolute atomic E-state index is 0.339. The van der Waals surface area contributed by atoms with Crippen LogP contribution in [0.1, 0.15) is 19.3 Å². The molecule has 1 fully saturated rings. The summed E-state index contributed by atoms with van der Waals surface area (Å²) in [4.78, 5) is 14.6. The van der Waals surface area contributed by atoms with Crippen LogP contribution in [0.4, 0.5) is 0 Å². The molecule has 4 nitrogen and oxygen atoms in total. The van der Waals surface area contributed by atoms with Crippen molar-refractivity contribution in [3.05, 3.63) is 22.8 Å². The average Bonchev–Trinajstić information content (AvgIpc) is 2.77. The Morgan fingerprint density at radius 2 is 2.26 bits per heavy atom. The maximum atomic E-state index is 10.3. The van der Waals surface area contributed by atoms with Crippen molar-refractivity contribution in [1.29, 1.82) is 0 Å². The van der Waals surface area contributed by atoms with Gasteiger partial charge in [0.1, 0.15) is 21.0 Å². The van der Waals surface area contributed by atoms with Gasteiger partial charge in [0.25, 0.3) is 0 Å². The van der Waals surface area contributed by atoms with Gasteiger partial charge in [0.15, 0.2) is 0 Å². The van der Waals surface area contributed by atoms with E-state index in [0.717, 1.165) is 28.6 Å². The van der Waals surface area contributed by atoms with Crippen molar-refractivity contribution in [3.63, 3.8) is 0 Å². The number of rotatable bonds is 2. The summed E-state index contributed by atoms with van der Waals surface area (Å²) < 4.78 is 3.20. The van der Waals surface area contributed by atoms with Gasteiger partial charge in [0.2, 0.25) is 0 Å². The molecule has 1 aliphatic carbocycles. The van der Waals surface area contributed by atoms with Crippen molar-refractivity contribution in [2.24, 2.45) is 5.92 Å². The van der Waals surface area contributed by atoms with Crippen molar-refractivity contribution in [1.82, 2.24) is 9.38 Å². The number of aromatic nitrogens is 2. The molecule has 0 aromatic carbocycles. The number of imidazole rings is 2. The van der Waals surface area contributed by atoms with E-state index >= 15 is 0 Å². The van der Waals surface area contributed by atoms with Crippen LogP contribution in [0.5, 0.6) is 0 Å². The monoisotopic (exact) mass is 340 g/mol. The minimum Gasteiger partial charge on any atom is -0.480 e. The average molecular weight is 341 g/mol. The Morgan fingerprint density at radius 3 is 2.68 bits per heavy atom. The van der Waals surface area contributed by atoms with E-state index in [-0.39, 0.29) is 0 Å². The number of thiol groups is 1. The number of pyridine rings is 1. The summed E-state index contributed by atoms with van der Waals surface area (Å²) in [6, 6.07) is 6.10. The molecule has 1 atom stereocenters. The van der Waals surface area contributed by atoms with Crippen molar-refractivity contribution < 1.29 is 9.90 Å². The van der Waals surface area contributed by atoms with E-state index in [2.05, 4.69) is 44.0 Å². The van der Waals surface area contributed by atoms with Crippen LogP contribution in [0, 0.1) is 5.92 Å². The fourth-order valence-electron chi connectivity index (χ4n) is 2.31. The molecular weight excluding hydrogens is 328 g/mol. The zero-order valence-corrected chi connectivity index (χ0v) is 12.6. The molecule has 19 heavy (non-hydrogen) atoms. The van der Waals surface area contributed by atoms with Gasteiger partial charge in [-0.1, -0.05) is 12.5 Å². The molecule has 0 saturated heterocycles. The lowest BCUT2D eigenvalue weighted by Crippen LogP contribution is -2.29. The molecular formula is C13H13BrN2O2S. The van der Waals surface area contributed by atoms with Gasteiger partial charge < -0.3 is 5.11 Å². The summed E-state index contributed by atoms with van der Waals surface area (Å²) in [5.41, 5.74) is 3.36. The van der Waals surface area contributed by atoms with Crippen LogP contribution in [-0.2, 0) is 4.79 Å². The maximum Gasteiger partial charge on any atom is 0.316 e. The lowest BCUT2D eigenvalue weighted by molar-refractivity contribution is -0.137. The van der Waals surface area contributed by atoms with Gasteiger partial charge in [-0.2, -0.15) is 12.6 Å². The first kappa shape index (κ1) is 13.0. The number of hydrogen-bond acceptors (Lipinski definition) is 3. The number of hydrogen-bond donors (Lipinski definition) is 2. The van der Waals surface area contributed by atoms with Gasteiger partial charge in [-0.05, 0) is 46.8 Å². The zero-order valence-electron chi connectivity index (χ0n) is 10.1. The standard InChI is InChI=1S/C7H3BrN2.C6H10O2S/c8-7-6-4-2-1-3-5(9-6)10(4)7;7-6(8)5(9)4-2-1-3-4/h1-3H;4-5,9H,1-3H2,(H,7,8). The Labute approximate surface area is 124 Å². The van der Waals surface area contributed by atoms with Crippen molar-refractivity contribution in [2.75, 3.05) is 0 Å². The lowest BCUT2D eigenvalue weighted by atomic mass is 9.83. The first-order valence-corrected chi connectivity index (χ1v) is 7.48. The normalized spacial score (nSPS) is 17.4. The third-order valence-electron chi connectivity index (χ3n) is 3.68. The van der Waals surface area contributed by atoms with Gasteiger partial charge >= 0.3 is 5.97 Å². The summed E-state index contributed by atoms with van der Waals surface area (Å²) in [6.07, 6.45) is 3.26. The number of carbonyl (C=O) groups is 1. The Kier molecular flexibility index (Phi) is 3.30. The smallest absolute Gasteiger partial charge is 0.316 e. The van der Waals surface area contributed by atoms with Crippen molar-refractivity contribution in [2.45, 2.75) is 24.5 Å². The molecule has 4 heterocycles. The molecule has 5 rings (SSSR count). The van der Waals surface area contributed by atoms with E-state index in [4.69, 9.17) is 5.11 Å². The molecule has 1 N–H and O–H groups in total. The largest absolute Gasteiger partial charge is 0.480 e. The van der Waals surface area contributed by atoms with Gasteiger partial charge in [-0.25, -0.2) is 4.98 Å². The van der Waals surface area contributed by atoms with Crippen molar-refractivity contribution in [3.8, 4) is 0 Å². The highest BCUT2D eigenvalue weighted by Gasteiger charge is 2.29. The summed E-state index contributed by atoms with van der Waals surface area (Å²) >= 11 is 7.38. The zero-order chi connectivity index (χ0) is 13.6. The predicted octanol–water partition coefficient (Wildman–Crippen LogP) is 3.30. The highest BCUT2D eigenvalue weighted by Crippen LogP contribution is 2.33. The predicted molar refractivity (Wildman–Crippen MR) is 80.5 cm³/mol. The van der Waals surface area contributed by atoms with Crippen LogP contribution in [0.3, 0.4) is 0 Å². The molecule has 1 saturated carbocycles. The SMILES string of the molecule is Brc1c2nc3cccc2n13.O=C(O)C(S)C1CCC1. The summed E-state index contributed by atoms with van der Waals surface area (Å²) in [5.74, 6) is -0.436. The first-order valence-electron chi connectivity index (χ1n) is 6.18. The van der Waals surface area contributed by atoms with Gasteiger partial charge in [0, 0.05) is 0 Å². The van der Waals surface area contributed by atoms with Crippen LogP contribution < -0.4 is 0 Å². The summed E-state index contributed by atoms with van der Waals surface area (Å²) in [6.45, 7) is 0. The van der Waals surface area contributed by atoms with E-state index in [9.17, 15) is 4.79 Å². The Hall–Kier alpha value is -1.01. The van der Waals surface area contributed by atoms with E-state index in [1.165, 1.54) is 11.9 Å². The molecule has 4 aromatic rings. The van der Waals surface area contributed by atoms with Crippen LogP contribution in [0.25, 0.3) is 16.7 Å². The Morgan fingerprint density at radius 1 is 1.53 bits per heavy atom. The number of halogens is 1. The number of carboxylic acid groups (broad SMARTS) is 1. The summed E-state index contributed by atoms with van der Waals surface area (Å²) in [5, 5.41) is 8.02. The molecule has 1 unspecified atom stereocenters. The fourth-order valence-corrected chi connectivity index (χ4v) is 3.27. The molecule has 1 aliphatic rings. The van der Waals surface area contributed by atoms with Crippen molar-refractivity contribution >= 4 is 51.2 Å². The second-order valence-electron chi connectivity index (χ2n) is 4.83. The van der Waals surface area contributed by atoms with Crippen LogP contribution in [0.2, 0.25) is 0 Å². The first-order chi connectivity index (χ1) is 9.09. The molecule has 0 amide bonds. The Bertz CT molecular complexity index is 679. The fraction of sp³-hybridized carbons (Fsp3) is 0.385. The van der Waals surface area contributed by atoms with Gasteiger partial charge in [-0.3, -0.25) is 9.20 Å².